The van der Waals surface area contributed by atoms with E-state index in [9.17, 15) is 35.9 Å². The van der Waals surface area contributed by atoms with E-state index in [4.69, 9.17) is 0 Å². The van der Waals surface area contributed by atoms with Crippen molar-refractivity contribution in [2.24, 2.45) is 0 Å². The molecule has 0 atom stereocenters. The first-order chi connectivity index (χ1) is 15.7. The average Bonchev–Trinajstić information content (AvgIpc) is 2.78. The Morgan fingerprint density at radius 1 is 0.794 bits per heavy atom. The second-order valence-corrected chi connectivity index (χ2v) is 7.99. The Morgan fingerprint density at radius 3 is 1.85 bits per heavy atom. The number of nitrogens with zero attached hydrogens (tertiary/aromatic N) is 1. The van der Waals surface area contributed by atoms with Gasteiger partial charge in [0.2, 0.25) is 5.91 Å². The van der Waals surface area contributed by atoms with Crippen molar-refractivity contribution in [3.8, 4) is 0 Å². The maximum Gasteiger partial charge on any atom is 0.416 e. The highest BCUT2D eigenvalue weighted by molar-refractivity contribution is 6.14. The Bertz CT molecular complexity index is 1190. The quantitative estimate of drug-likeness (QED) is 0.346. The summed E-state index contributed by atoms with van der Waals surface area (Å²) in [6.45, 7) is 2.38. The molecule has 0 fully saturated rings. The highest BCUT2D eigenvalue weighted by Gasteiger charge is 2.40. The summed E-state index contributed by atoms with van der Waals surface area (Å²) in [5, 5.41) is 2.43. The van der Waals surface area contributed by atoms with Crippen LogP contribution < -0.4 is 5.32 Å². The van der Waals surface area contributed by atoms with Gasteiger partial charge in [-0.2, -0.15) is 26.3 Å². The van der Waals surface area contributed by atoms with Crippen LogP contribution in [0.2, 0.25) is 0 Å². The highest BCUT2D eigenvalue weighted by Crippen LogP contribution is 2.39. The van der Waals surface area contributed by atoms with Gasteiger partial charge in [-0.3, -0.25) is 14.6 Å². The zero-order chi connectivity index (χ0) is 25.3. The molecule has 0 aliphatic heterocycles. The number of carbonyl (C=O) groups excluding carboxylic acids is 2. The van der Waals surface area contributed by atoms with Gasteiger partial charge in [0.1, 0.15) is 0 Å². The Morgan fingerprint density at radius 2 is 1.32 bits per heavy atom. The maximum atomic E-state index is 13.3. The van der Waals surface area contributed by atoms with Crippen LogP contribution in [-0.2, 0) is 22.6 Å². The van der Waals surface area contributed by atoms with Crippen molar-refractivity contribution in [2.75, 3.05) is 5.32 Å². The van der Waals surface area contributed by atoms with Crippen LogP contribution >= 0.6 is 0 Å². The summed E-state index contributed by atoms with van der Waals surface area (Å²) < 4.78 is 79.6. The predicted molar refractivity (Wildman–Crippen MR) is 112 cm³/mol. The molecule has 0 unspecified atom stereocenters. The minimum Gasteiger partial charge on any atom is -0.323 e. The molecule has 0 saturated carbocycles. The zero-order valence-corrected chi connectivity index (χ0v) is 17.9. The molecule has 2 aromatic carbocycles. The molecule has 10 heteroatoms. The third-order valence-electron chi connectivity index (χ3n) is 5.23. The minimum atomic E-state index is -5.05. The summed E-state index contributed by atoms with van der Waals surface area (Å²) in [7, 11) is 0. The van der Waals surface area contributed by atoms with Gasteiger partial charge >= 0.3 is 12.4 Å². The molecule has 3 aromatic rings. The molecule has 1 N–H and O–H groups in total. The van der Waals surface area contributed by atoms with E-state index in [-0.39, 0.29) is 17.3 Å². The largest absolute Gasteiger partial charge is 0.416 e. The molecule has 1 heterocycles. The number of carbonyl (C=O) groups is 2. The number of nitrogens with one attached hydrogen (secondary N) is 1. The number of halogens is 6. The van der Waals surface area contributed by atoms with Crippen molar-refractivity contribution in [3.05, 3.63) is 94.8 Å². The summed E-state index contributed by atoms with van der Waals surface area (Å²) in [6.07, 6.45) is -7.61. The maximum absolute atomic E-state index is 13.3. The Balaban J connectivity index is 2.00. The minimum absolute atomic E-state index is 0.00473. The summed E-state index contributed by atoms with van der Waals surface area (Å²) in [5.41, 5.74) is -5.03. The van der Waals surface area contributed by atoms with Crippen molar-refractivity contribution >= 4 is 17.4 Å². The molecule has 1 aromatic heterocycles. The van der Waals surface area contributed by atoms with E-state index in [2.05, 4.69) is 10.3 Å². The molecule has 34 heavy (non-hydrogen) atoms. The molecule has 1 amide bonds. The van der Waals surface area contributed by atoms with Crippen LogP contribution in [0.3, 0.4) is 0 Å². The standard InChI is InChI=1S/C24H18F6N2O2/c1-22(2,15-10-16(23(25,26)27)12-17(11-15)24(28,29)30)21(34)32-19-13-31-9-8-18(19)20(33)14-6-4-3-5-7-14/h3-13H,1-2H3,(H,32,34). The summed E-state index contributed by atoms with van der Waals surface area (Å²) in [4.78, 5) is 29.8. The van der Waals surface area contributed by atoms with Crippen LogP contribution in [0.25, 0.3) is 0 Å². The summed E-state index contributed by atoms with van der Waals surface area (Å²) in [5.74, 6) is -1.37. The Hall–Kier alpha value is -3.69. The van der Waals surface area contributed by atoms with Gasteiger partial charge in [-0.05, 0) is 43.7 Å². The number of anilines is 1. The molecular weight excluding hydrogens is 462 g/mol. The van der Waals surface area contributed by atoms with Gasteiger partial charge in [0.15, 0.2) is 5.78 Å². The number of rotatable bonds is 5. The van der Waals surface area contributed by atoms with E-state index in [0.29, 0.717) is 17.7 Å². The van der Waals surface area contributed by atoms with Gasteiger partial charge in [-0.1, -0.05) is 30.3 Å². The lowest BCUT2D eigenvalue weighted by Gasteiger charge is -2.26. The van der Waals surface area contributed by atoms with Gasteiger partial charge < -0.3 is 5.32 Å². The number of ketones is 1. The monoisotopic (exact) mass is 480 g/mol. The lowest BCUT2D eigenvalue weighted by Crippen LogP contribution is -2.36. The van der Waals surface area contributed by atoms with Crippen LogP contribution in [0.5, 0.6) is 0 Å². The summed E-state index contributed by atoms with van der Waals surface area (Å²) >= 11 is 0. The molecule has 178 valence electrons. The Kier molecular flexibility index (Phi) is 6.55. The molecule has 0 aliphatic rings. The fourth-order valence-electron chi connectivity index (χ4n) is 3.16. The van der Waals surface area contributed by atoms with E-state index < -0.39 is 46.1 Å². The molecule has 0 spiro atoms. The lowest BCUT2D eigenvalue weighted by atomic mass is 9.81. The molecule has 0 aliphatic carbocycles. The Labute approximate surface area is 190 Å². The summed E-state index contributed by atoms with van der Waals surface area (Å²) in [6, 6.07) is 10.5. The lowest BCUT2D eigenvalue weighted by molar-refractivity contribution is -0.143. The van der Waals surface area contributed by atoms with Gasteiger partial charge in [0, 0.05) is 17.3 Å². The number of hydrogen-bond donors (Lipinski definition) is 1. The normalized spacial score (nSPS) is 12.4. The predicted octanol–water partition coefficient (Wildman–Crippen LogP) is 6.27. The van der Waals surface area contributed by atoms with Crippen LogP contribution in [-0.4, -0.2) is 16.7 Å². The van der Waals surface area contributed by atoms with Gasteiger partial charge in [0.25, 0.3) is 0 Å². The smallest absolute Gasteiger partial charge is 0.323 e. The SMILES string of the molecule is CC(C)(C(=O)Nc1cnccc1C(=O)c1ccccc1)c1cc(C(F)(F)F)cc(C(F)(F)F)c1. The highest BCUT2D eigenvalue weighted by atomic mass is 19.4. The first-order valence-electron chi connectivity index (χ1n) is 9.86. The van der Waals surface area contributed by atoms with Gasteiger partial charge in [0.05, 0.1) is 28.4 Å². The number of pyridine rings is 1. The van der Waals surface area contributed by atoms with Crippen LogP contribution in [0.4, 0.5) is 32.0 Å². The average molecular weight is 480 g/mol. The molecular formula is C24H18F6N2O2. The number of benzene rings is 2. The van der Waals surface area contributed by atoms with E-state index in [0.717, 1.165) is 0 Å². The molecule has 0 bridgehead atoms. The van der Waals surface area contributed by atoms with Crippen LogP contribution in [0.15, 0.2) is 67.0 Å². The van der Waals surface area contributed by atoms with Crippen LogP contribution in [0.1, 0.15) is 46.5 Å². The van der Waals surface area contributed by atoms with Gasteiger partial charge in [-0.15, -0.1) is 0 Å². The second kappa shape index (κ2) is 8.92. The molecule has 4 nitrogen and oxygen atoms in total. The molecule has 0 saturated heterocycles. The fraction of sp³-hybridized carbons (Fsp3) is 0.208. The van der Waals surface area contributed by atoms with E-state index in [1.54, 1.807) is 30.3 Å². The topological polar surface area (TPSA) is 59.1 Å². The van der Waals surface area contributed by atoms with Crippen molar-refractivity contribution < 1.29 is 35.9 Å². The third kappa shape index (κ3) is 5.27. The number of aromatic nitrogens is 1. The zero-order valence-electron chi connectivity index (χ0n) is 17.9. The first kappa shape index (κ1) is 24.9. The second-order valence-electron chi connectivity index (χ2n) is 7.99. The number of alkyl halides is 6. The van der Waals surface area contributed by atoms with Crippen molar-refractivity contribution in [2.45, 2.75) is 31.6 Å². The van der Waals surface area contributed by atoms with Gasteiger partial charge in [-0.25, -0.2) is 0 Å². The van der Waals surface area contributed by atoms with Crippen molar-refractivity contribution in [1.82, 2.24) is 4.98 Å². The number of hydrogen-bond acceptors (Lipinski definition) is 3. The number of amides is 1. The van der Waals surface area contributed by atoms with Crippen molar-refractivity contribution in [3.63, 3.8) is 0 Å². The van der Waals surface area contributed by atoms with E-state index in [1.807, 2.05) is 0 Å². The third-order valence-corrected chi connectivity index (χ3v) is 5.23. The molecule has 0 radical (unpaired) electrons. The van der Waals surface area contributed by atoms with Crippen molar-refractivity contribution in [1.29, 1.82) is 0 Å². The van der Waals surface area contributed by atoms with Crippen LogP contribution in [0, 0.1) is 0 Å². The fourth-order valence-corrected chi connectivity index (χ4v) is 3.16. The van der Waals surface area contributed by atoms with E-state index >= 15 is 0 Å². The van der Waals surface area contributed by atoms with E-state index in [1.165, 1.54) is 32.3 Å². The first-order valence-corrected chi connectivity index (χ1v) is 9.86. The molecule has 3 rings (SSSR count).